The standard InChI is InChI=1S/C20H17ClF2N4O3/c1-10(18(24)29)6-11-2-4-14(21)13(7-11)19-26-16(8-17(28)27-19)15-5-3-12(9-25-15)30-20(22)23/h2-5,7-10,20H,6H2,1H3,(H2,24,29)(H,26,27,28). The monoisotopic (exact) mass is 434 g/mol. The molecule has 0 aliphatic carbocycles. The van der Waals surface area contributed by atoms with Gasteiger partial charge in [0.25, 0.3) is 5.56 Å². The van der Waals surface area contributed by atoms with Gasteiger partial charge in [-0.2, -0.15) is 8.78 Å². The Morgan fingerprint density at radius 2 is 2.00 bits per heavy atom. The zero-order chi connectivity index (χ0) is 21.8. The summed E-state index contributed by atoms with van der Waals surface area (Å²) in [5, 5.41) is 0.347. The number of ether oxygens (including phenoxy) is 1. The topological polar surface area (TPSA) is 111 Å². The molecule has 0 spiro atoms. The van der Waals surface area contributed by atoms with Crippen molar-refractivity contribution in [3.8, 4) is 28.5 Å². The van der Waals surface area contributed by atoms with Gasteiger partial charge >= 0.3 is 6.61 Å². The van der Waals surface area contributed by atoms with Gasteiger partial charge in [-0.25, -0.2) is 4.98 Å². The molecular weight excluding hydrogens is 418 g/mol. The summed E-state index contributed by atoms with van der Waals surface area (Å²) in [6.45, 7) is -1.25. The molecule has 0 radical (unpaired) electrons. The Kier molecular flexibility index (Phi) is 6.41. The van der Waals surface area contributed by atoms with Crippen LogP contribution >= 0.6 is 11.6 Å². The summed E-state index contributed by atoms with van der Waals surface area (Å²) in [7, 11) is 0. The number of benzene rings is 1. The first kappa shape index (κ1) is 21.4. The van der Waals surface area contributed by atoms with Gasteiger partial charge in [0.1, 0.15) is 11.6 Å². The number of nitrogens with zero attached hydrogens (tertiary/aromatic N) is 2. The molecule has 2 heterocycles. The Hall–Kier alpha value is -3.33. The molecule has 1 amide bonds. The van der Waals surface area contributed by atoms with E-state index in [2.05, 4.69) is 19.7 Å². The Bertz CT molecular complexity index is 1120. The maximum Gasteiger partial charge on any atom is 0.387 e. The van der Waals surface area contributed by atoms with Gasteiger partial charge in [-0.05, 0) is 36.2 Å². The molecule has 7 nitrogen and oxygen atoms in total. The van der Waals surface area contributed by atoms with Crippen molar-refractivity contribution in [3.63, 3.8) is 0 Å². The lowest BCUT2D eigenvalue weighted by Gasteiger charge is -2.11. The molecule has 2 aromatic heterocycles. The van der Waals surface area contributed by atoms with Crippen LogP contribution in [0.2, 0.25) is 5.02 Å². The minimum absolute atomic E-state index is 0.113. The number of carbonyl (C=O) groups excluding carboxylic acids is 1. The van der Waals surface area contributed by atoms with Crippen molar-refractivity contribution in [2.24, 2.45) is 11.7 Å². The second kappa shape index (κ2) is 9.00. The number of H-pyrrole nitrogens is 1. The van der Waals surface area contributed by atoms with Crippen LogP contribution in [0.4, 0.5) is 8.78 Å². The summed E-state index contributed by atoms with van der Waals surface area (Å²) in [5.74, 6) is -0.718. The van der Waals surface area contributed by atoms with Crippen LogP contribution in [0, 0.1) is 5.92 Å². The number of carbonyl (C=O) groups is 1. The number of hydrogen-bond donors (Lipinski definition) is 2. The summed E-state index contributed by atoms with van der Waals surface area (Å²) in [6, 6.07) is 9.06. The van der Waals surface area contributed by atoms with Gasteiger partial charge in [-0.15, -0.1) is 0 Å². The lowest BCUT2D eigenvalue weighted by molar-refractivity contribution is -0.121. The van der Waals surface area contributed by atoms with Crippen molar-refractivity contribution in [3.05, 3.63) is 63.5 Å². The van der Waals surface area contributed by atoms with Gasteiger partial charge in [0.05, 0.1) is 22.6 Å². The second-order valence-corrected chi connectivity index (χ2v) is 6.97. The zero-order valence-corrected chi connectivity index (χ0v) is 16.5. The molecular formula is C20H17ClF2N4O3. The van der Waals surface area contributed by atoms with Crippen molar-refractivity contribution >= 4 is 17.5 Å². The van der Waals surface area contributed by atoms with E-state index in [4.69, 9.17) is 17.3 Å². The normalized spacial score (nSPS) is 12.0. The zero-order valence-electron chi connectivity index (χ0n) is 15.7. The highest BCUT2D eigenvalue weighted by molar-refractivity contribution is 6.33. The van der Waals surface area contributed by atoms with Crippen molar-refractivity contribution in [1.29, 1.82) is 0 Å². The number of nitrogens with two attached hydrogens (primary N) is 1. The summed E-state index contributed by atoms with van der Waals surface area (Å²) in [5.41, 5.74) is 6.64. The summed E-state index contributed by atoms with van der Waals surface area (Å²) in [4.78, 5) is 34.6. The Balaban J connectivity index is 1.97. The lowest BCUT2D eigenvalue weighted by atomic mass is 9.99. The van der Waals surface area contributed by atoms with Crippen LogP contribution in [0.15, 0.2) is 47.4 Å². The largest absolute Gasteiger partial charge is 0.433 e. The van der Waals surface area contributed by atoms with E-state index in [1.807, 2.05) is 0 Å². The van der Waals surface area contributed by atoms with Crippen molar-refractivity contribution < 1.29 is 18.3 Å². The quantitative estimate of drug-likeness (QED) is 0.592. The molecule has 0 aliphatic heterocycles. The first-order valence-corrected chi connectivity index (χ1v) is 9.21. The number of halogens is 3. The molecule has 1 atom stereocenters. The van der Waals surface area contributed by atoms with E-state index in [1.54, 1.807) is 25.1 Å². The number of amides is 1. The van der Waals surface area contributed by atoms with Crippen LogP contribution in [-0.2, 0) is 11.2 Å². The van der Waals surface area contributed by atoms with E-state index in [-0.39, 0.29) is 23.2 Å². The molecule has 30 heavy (non-hydrogen) atoms. The molecule has 3 rings (SSSR count). The van der Waals surface area contributed by atoms with Crippen molar-refractivity contribution in [2.45, 2.75) is 20.0 Å². The number of hydrogen-bond acceptors (Lipinski definition) is 5. The van der Waals surface area contributed by atoms with E-state index in [9.17, 15) is 18.4 Å². The minimum atomic E-state index is -2.96. The van der Waals surface area contributed by atoms with Crippen LogP contribution in [0.3, 0.4) is 0 Å². The predicted molar refractivity (Wildman–Crippen MR) is 107 cm³/mol. The fourth-order valence-electron chi connectivity index (χ4n) is 2.76. The highest BCUT2D eigenvalue weighted by Crippen LogP contribution is 2.28. The number of aromatic amines is 1. The van der Waals surface area contributed by atoms with Gasteiger partial charge in [-0.3, -0.25) is 14.6 Å². The van der Waals surface area contributed by atoms with Crippen LogP contribution in [-0.4, -0.2) is 27.5 Å². The number of alkyl halides is 2. The molecule has 1 aromatic carbocycles. The Morgan fingerprint density at radius 1 is 1.23 bits per heavy atom. The van der Waals surface area contributed by atoms with Gasteiger partial charge < -0.3 is 15.5 Å². The number of primary amides is 1. The van der Waals surface area contributed by atoms with Crippen LogP contribution < -0.4 is 16.0 Å². The fraction of sp³-hybridized carbons (Fsp3) is 0.200. The molecule has 10 heteroatoms. The van der Waals surface area contributed by atoms with Crippen LogP contribution in [0.5, 0.6) is 5.75 Å². The second-order valence-electron chi connectivity index (χ2n) is 6.56. The molecule has 0 saturated heterocycles. The first-order chi connectivity index (χ1) is 14.2. The number of pyridine rings is 1. The smallest absolute Gasteiger partial charge is 0.387 e. The molecule has 156 valence electrons. The highest BCUT2D eigenvalue weighted by Gasteiger charge is 2.14. The van der Waals surface area contributed by atoms with Crippen LogP contribution in [0.1, 0.15) is 12.5 Å². The highest BCUT2D eigenvalue weighted by atomic mass is 35.5. The maximum absolute atomic E-state index is 12.3. The van der Waals surface area contributed by atoms with E-state index in [0.717, 1.165) is 11.8 Å². The lowest BCUT2D eigenvalue weighted by Crippen LogP contribution is -2.22. The van der Waals surface area contributed by atoms with E-state index < -0.39 is 18.1 Å². The Labute approximate surface area is 174 Å². The van der Waals surface area contributed by atoms with Crippen molar-refractivity contribution in [1.82, 2.24) is 15.0 Å². The SMILES string of the molecule is CC(Cc1ccc(Cl)c(-c2nc(-c3ccc(OC(F)F)cn3)cc(=O)[nH]2)c1)C(N)=O. The number of rotatable bonds is 7. The summed E-state index contributed by atoms with van der Waals surface area (Å²) < 4.78 is 28.8. The molecule has 0 saturated carbocycles. The number of nitrogens with one attached hydrogen (secondary N) is 1. The molecule has 1 unspecified atom stereocenters. The molecule has 3 N–H and O–H groups in total. The average molecular weight is 435 g/mol. The van der Waals surface area contributed by atoms with Crippen LogP contribution in [0.25, 0.3) is 22.8 Å². The minimum Gasteiger partial charge on any atom is -0.433 e. The predicted octanol–water partition coefficient (Wildman–Crippen LogP) is 3.42. The van der Waals surface area contributed by atoms with E-state index in [1.165, 1.54) is 18.2 Å². The maximum atomic E-state index is 12.3. The van der Waals surface area contributed by atoms with Gasteiger partial charge in [0, 0.05) is 17.5 Å². The average Bonchev–Trinajstić information content (AvgIpc) is 2.69. The van der Waals surface area contributed by atoms with Crippen molar-refractivity contribution in [2.75, 3.05) is 0 Å². The molecule has 0 fully saturated rings. The Morgan fingerprint density at radius 3 is 2.63 bits per heavy atom. The first-order valence-electron chi connectivity index (χ1n) is 8.83. The number of aromatic nitrogens is 3. The fourth-order valence-corrected chi connectivity index (χ4v) is 2.96. The molecule has 0 aliphatic rings. The molecule has 0 bridgehead atoms. The molecule has 3 aromatic rings. The van der Waals surface area contributed by atoms with E-state index >= 15 is 0 Å². The third-order valence-corrected chi connectivity index (χ3v) is 4.61. The third kappa shape index (κ3) is 5.18. The van der Waals surface area contributed by atoms with E-state index in [0.29, 0.717) is 22.7 Å². The van der Waals surface area contributed by atoms with Gasteiger partial charge in [-0.1, -0.05) is 24.6 Å². The van der Waals surface area contributed by atoms with Gasteiger partial charge in [0.2, 0.25) is 5.91 Å². The summed E-state index contributed by atoms with van der Waals surface area (Å²) >= 11 is 6.29. The summed E-state index contributed by atoms with van der Waals surface area (Å²) in [6.07, 6.45) is 1.51. The van der Waals surface area contributed by atoms with Gasteiger partial charge in [0.15, 0.2) is 0 Å². The third-order valence-electron chi connectivity index (χ3n) is 4.28.